The summed E-state index contributed by atoms with van der Waals surface area (Å²) in [5, 5.41) is 3.16. The highest BCUT2D eigenvalue weighted by molar-refractivity contribution is 7.11. The second-order valence-electron chi connectivity index (χ2n) is 3.99. The van der Waals surface area contributed by atoms with Gasteiger partial charge < -0.3 is 5.32 Å². The van der Waals surface area contributed by atoms with E-state index in [1.807, 2.05) is 0 Å². The summed E-state index contributed by atoms with van der Waals surface area (Å²) in [6.07, 6.45) is 2.13. The molecule has 1 N–H and O–H groups in total. The summed E-state index contributed by atoms with van der Waals surface area (Å²) in [7, 11) is 0. The van der Waals surface area contributed by atoms with E-state index in [1.165, 1.54) is 22.1 Å². The monoisotopic (exact) mass is 251 g/mol. The highest BCUT2D eigenvalue weighted by Crippen LogP contribution is 2.17. The number of hydrogen-bond acceptors (Lipinski definition) is 4. The summed E-state index contributed by atoms with van der Waals surface area (Å²) in [6, 6.07) is 5.74. The van der Waals surface area contributed by atoms with Gasteiger partial charge in [0.2, 0.25) is 5.95 Å². The quantitative estimate of drug-likeness (QED) is 0.849. The van der Waals surface area contributed by atoms with Crippen LogP contribution in [0.1, 0.15) is 16.7 Å². The van der Waals surface area contributed by atoms with Gasteiger partial charge in [-0.05, 0) is 26.0 Å². The summed E-state index contributed by atoms with van der Waals surface area (Å²) in [4.78, 5) is 10.0. The van der Waals surface area contributed by atoms with E-state index in [4.69, 9.17) is 0 Å². The molecule has 2 heterocycles. The average molecular weight is 251 g/mol. The van der Waals surface area contributed by atoms with Crippen LogP contribution in [0, 0.1) is 12.9 Å². The van der Waals surface area contributed by atoms with Gasteiger partial charge in [0.1, 0.15) is 12.1 Å². The van der Waals surface area contributed by atoms with Crippen molar-refractivity contribution in [3.63, 3.8) is 0 Å². The van der Waals surface area contributed by atoms with Crippen LogP contribution in [0.15, 0.2) is 24.5 Å². The van der Waals surface area contributed by atoms with Crippen molar-refractivity contribution in [2.45, 2.75) is 26.3 Å². The number of nitrogens with zero attached hydrogens (tertiary/aromatic N) is 2. The first-order valence-corrected chi connectivity index (χ1v) is 6.24. The topological polar surface area (TPSA) is 37.8 Å². The lowest BCUT2D eigenvalue weighted by molar-refractivity contribution is 0.579. The minimum absolute atomic E-state index is 0.211. The number of hydrogen-bond donors (Lipinski definition) is 1. The molecule has 0 aliphatic heterocycles. The van der Waals surface area contributed by atoms with Crippen molar-refractivity contribution in [3.8, 4) is 0 Å². The van der Waals surface area contributed by atoms with Crippen LogP contribution in [0.3, 0.4) is 0 Å². The van der Waals surface area contributed by atoms with Gasteiger partial charge in [0.25, 0.3) is 0 Å². The third kappa shape index (κ3) is 3.49. The fraction of sp³-hybridized carbons (Fsp3) is 0.333. The maximum absolute atomic E-state index is 12.9. The smallest absolute Gasteiger partial charge is 0.217 e. The molecule has 0 spiro atoms. The third-order valence-electron chi connectivity index (χ3n) is 2.33. The fourth-order valence-corrected chi connectivity index (χ4v) is 2.63. The minimum Gasteiger partial charge on any atom is -0.367 e. The van der Waals surface area contributed by atoms with Gasteiger partial charge >= 0.3 is 0 Å². The maximum atomic E-state index is 12.9. The lowest BCUT2D eigenvalue weighted by Crippen LogP contribution is -2.18. The van der Waals surface area contributed by atoms with Crippen molar-refractivity contribution in [1.82, 2.24) is 9.97 Å². The molecular weight excluding hydrogens is 237 g/mol. The molecule has 0 aromatic carbocycles. The first-order chi connectivity index (χ1) is 8.13. The number of rotatable bonds is 4. The Morgan fingerprint density at radius 2 is 2.24 bits per heavy atom. The van der Waals surface area contributed by atoms with Gasteiger partial charge in [-0.25, -0.2) is 9.97 Å². The van der Waals surface area contributed by atoms with Gasteiger partial charge in [0.15, 0.2) is 0 Å². The number of aryl methyl sites for hydroxylation is 1. The largest absolute Gasteiger partial charge is 0.367 e. The van der Waals surface area contributed by atoms with Gasteiger partial charge in [-0.15, -0.1) is 11.3 Å². The summed E-state index contributed by atoms with van der Waals surface area (Å²) >= 11 is 1.78. The molecule has 0 radical (unpaired) electrons. The van der Waals surface area contributed by atoms with Gasteiger partial charge in [-0.1, -0.05) is 0 Å². The summed E-state index contributed by atoms with van der Waals surface area (Å²) in [5.74, 6) is 0.0138. The van der Waals surface area contributed by atoms with Crippen molar-refractivity contribution in [2.24, 2.45) is 0 Å². The Balaban J connectivity index is 1.95. The number of thiophene rings is 1. The Kier molecular flexibility index (Phi) is 3.68. The predicted molar refractivity (Wildman–Crippen MR) is 67.8 cm³/mol. The number of halogens is 1. The predicted octanol–water partition coefficient (Wildman–Crippen LogP) is 3.03. The van der Waals surface area contributed by atoms with Crippen LogP contribution in [0.4, 0.5) is 10.2 Å². The Morgan fingerprint density at radius 1 is 1.41 bits per heavy atom. The van der Waals surface area contributed by atoms with E-state index in [0.29, 0.717) is 5.82 Å². The zero-order valence-electron chi connectivity index (χ0n) is 9.77. The van der Waals surface area contributed by atoms with Crippen molar-refractivity contribution >= 4 is 17.2 Å². The zero-order valence-corrected chi connectivity index (χ0v) is 10.6. The summed E-state index contributed by atoms with van der Waals surface area (Å²) < 4.78 is 12.9. The Labute approximate surface area is 104 Å². The SMILES string of the molecule is Cc1ccc(CC(C)Nc2cc(F)ncn2)s1. The van der Waals surface area contributed by atoms with Crippen molar-refractivity contribution in [2.75, 3.05) is 5.32 Å². The standard InChI is InChI=1S/C12H14FN3S/c1-8(5-10-4-3-9(2)17-10)16-12-6-11(13)14-7-15-12/h3-4,6-8H,5H2,1-2H3,(H,14,15,16). The summed E-state index contributed by atoms with van der Waals surface area (Å²) in [5.41, 5.74) is 0. The van der Waals surface area contributed by atoms with E-state index in [-0.39, 0.29) is 6.04 Å². The second kappa shape index (κ2) is 5.23. The molecule has 2 aromatic heterocycles. The Bertz CT molecular complexity index is 498. The molecule has 0 fully saturated rings. The molecule has 1 atom stereocenters. The van der Waals surface area contributed by atoms with Crippen LogP contribution in [-0.2, 0) is 6.42 Å². The molecule has 1 unspecified atom stereocenters. The molecule has 2 rings (SSSR count). The number of aromatic nitrogens is 2. The molecule has 0 aliphatic rings. The molecule has 0 saturated carbocycles. The van der Waals surface area contributed by atoms with E-state index in [2.05, 4.69) is 41.3 Å². The highest BCUT2D eigenvalue weighted by Gasteiger charge is 2.06. The first-order valence-electron chi connectivity index (χ1n) is 5.43. The van der Waals surface area contributed by atoms with Gasteiger partial charge in [0.05, 0.1) is 0 Å². The van der Waals surface area contributed by atoms with Gasteiger partial charge in [-0.3, -0.25) is 0 Å². The highest BCUT2D eigenvalue weighted by atomic mass is 32.1. The van der Waals surface area contributed by atoms with E-state index >= 15 is 0 Å². The van der Waals surface area contributed by atoms with E-state index < -0.39 is 5.95 Å². The van der Waals surface area contributed by atoms with Crippen LogP contribution in [-0.4, -0.2) is 16.0 Å². The molecule has 3 nitrogen and oxygen atoms in total. The molecule has 17 heavy (non-hydrogen) atoms. The second-order valence-corrected chi connectivity index (χ2v) is 5.36. The van der Waals surface area contributed by atoms with E-state index in [1.54, 1.807) is 11.3 Å². The average Bonchev–Trinajstić information content (AvgIpc) is 2.63. The normalized spacial score (nSPS) is 12.4. The van der Waals surface area contributed by atoms with Crippen LogP contribution >= 0.6 is 11.3 Å². The van der Waals surface area contributed by atoms with Crippen molar-refractivity contribution in [1.29, 1.82) is 0 Å². The molecule has 2 aromatic rings. The molecule has 0 saturated heterocycles. The van der Waals surface area contributed by atoms with Crippen LogP contribution < -0.4 is 5.32 Å². The van der Waals surface area contributed by atoms with Gasteiger partial charge in [-0.2, -0.15) is 4.39 Å². The Morgan fingerprint density at radius 3 is 2.88 bits per heavy atom. The van der Waals surface area contributed by atoms with E-state index in [0.717, 1.165) is 6.42 Å². The lowest BCUT2D eigenvalue weighted by atomic mass is 10.2. The van der Waals surface area contributed by atoms with E-state index in [9.17, 15) is 4.39 Å². The molecule has 90 valence electrons. The lowest BCUT2D eigenvalue weighted by Gasteiger charge is -2.13. The first kappa shape index (κ1) is 12.0. The zero-order chi connectivity index (χ0) is 12.3. The van der Waals surface area contributed by atoms with Crippen LogP contribution in [0.5, 0.6) is 0 Å². The van der Waals surface area contributed by atoms with Crippen LogP contribution in [0.2, 0.25) is 0 Å². The van der Waals surface area contributed by atoms with Crippen molar-refractivity contribution < 1.29 is 4.39 Å². The van der Waals surface area contributed by atoms with Crippen LogP contribution in [0.25, 0.3) is 0 Å². The molecule has 5 heteroatoms. The Hall–Kier alpha value is -1.49. The molecule has 0 amide bonds. The summed E-state index contributed by atoms with van der Waals surface area (Å²) in [6.45, 7) is 4.14. The van der Waals surface area contributed by atoms with Gasteiger partial charge in [0, 0.05) is 28.3 Å². The third-order valence-corrected chi connectivity index (χ3v) is 3.35. The molecular formula is C12H14FN3S. The minimum atomic E-state index is -0.512. The fourth-order valence-electron chi connectivity index (χ4n) is 1.61. The molecule has 0 bridgehead atoms. The van der Waals surface area contributed by atoms with Crippen molar-refractivity contribution in [3.05, 3.63) is 40.2 Å². The molecule has 0 aliphatic carbocycles. The number of anilines is 1. The number of nitrogens with one attached hydrogen (secondary N) is 1. The maximum Gasteiger partial charge on any atom is 0.217 e.